The van der Waals surface area contributed by atoms with Crippen molar-refractivity contribution in [2.45, 2.75) is 19.4 Å². The molecular weight excluding hydrogens is 148 g/mol. The van der Waals surface area contributed by atoms with Crippen LogP contribution in [0.25, 0.3) is 0 Å². The standard InChI is InChI=1S/C6H10N2OS/c1-4-3-10-8-6(4,2)5(7)9/h3,8H,1-2H3,(H2,7,9). The molecule has 1 aliphatic heterocycles. The molecule has 0 radical (unpaired) electrons. The van der Waals surface area contributed by atoms with Gasteiger partial charge in [0.05, 0.1) is 0 Å². The zero-order chi connectivity index (χ0) is 7.78. The number of primary amides is 1. The van der Waals surface area contributed by atoms with Crippen molar-refractivity contribution in [1.82, 2.24) is 4.72 Å². The number of hydrogen-bond acceptors (Lipinski definition) is 3. The van der Waals surface area contributed by atoms with Crippen LogP contribution >= 0.6 is 11.9 Å². The van der Waals surface area contributed by atoms with E-state index in [2.05, 4.69) is 4.72 Å². The number of rotatable bonds is 1. The molecule has 0 fully saturated rings. The molecule has 0 saturated heterocycles. The third-order valence-electron chi connectivity index (χ3n) is 1.78. The Morgan fingerprint density at radius 1 is 1.90 bits per heavy atom. The number of amides is 1. The van der Waals surface area contributed by atoms with Crippen molar-refractivity contribution in [3.8, 4) is 0 Å². The number of nitrogens with two attached hydrogens (primary N) is 1. The lowest BCUT2D eigenvalue weighted by atomic mass is 9.95. The molecule has 0 saturated carbocycles. The molecule has 0 spiro atoms. The summed E-state index contributed by atoms with van der Waals surface area (Å²) < 4.78 is 2.93. The van der Waals surface area contributed by atoms with Crippen LogP contribution in [0.3, 0.4) is 0 Å². The first-order valence-electron chi connectivity index (χ1n) is 2.97. The average Bonchev–Trinajstić information content (AvgIpc) is 2.15. The van der Waals surface area contributed by atoms with Gasteiger partial charge in [0.1, 0.15) is 5.54 Å². The first-order chi connectivity index (χ1) is 4.57. The van der Waals surface area contributed by atoms with E-state index in [-0.39, 0.29) is 5.91 Å². The second-order valence-corrected chi connectivity index (χ2v) is 3.19. The summed E-state index contributed by atoms with van der Waals surface area (Å²) in [5.74, 6) is -0.328. The van der Waals surface area contributed by atoms with E-state index >= 15 is 0 Å². The molecule has 1 unspecified atom stereocenters. The summed E-state index contributed by atoms with van der Waals surface area (Å²) in [6.45, 7) is 3.67. The summed E-state index contributed by atoms with van der Waals surface area (Å²) >= 11 is 1.40. The highest BCUT2D eigenvalue weighted by molar-refractivity contribution is 8.00. The Balaban J connectivity index is 2.89. The van der Waals surface area contributed by atoms with Crippen LogP contribution in [0.5, 0.6) is 0 Å². The molecule has 0 aliphatic carbocycles. The molecular formula is C6H10N2OS. The van der Waals surface area contributed by atoms with Crippen LogP contribution in [-0.2, 0) is 4.79 Å². The van der Waals surface area contributed by atoms with Crippen LogP contribution in [0.2, 0.25) is 0 Å². The van der Waals surface area contributed by atoms with Crippen LogP contribution < -0.4 is 10.5 Å². The Bertz CT molecular complexity index is 202. The van der Waals surface area contributed by atoms with Crippen molar-refractivity contribution in [3.63, 3.8) is 0 Å². The van der Waals surface area contributed by atoms with Gasteiger partial charge in [-0.1, -0.05) is 11.9 Å². The lowest BCUT2D eigenvalue weighted by Gasteiger charge is -2.20. The van der Waals surface area contributed by atoms with Gasteiger partial charge >= 0.3 is 0 Å². The van der Waals surface area contributed by atoms with E-state index in [1.165, 1.54) is 11.9 Å². The van der Waals surface area contributed by atoms with E-state index in [4.69, 9.17) is 5.73 Å². The Kier molecular flexibility index (Phi) is 1.74. The molecule has 0 aromatic carbocycles. The van der Waals surface area contributed by atoms with Crippen molar-refractivity contribution in [1.29, 1.82) is 0 Å². The number of carbonyl (C=O) groups excluding carboxylic acids is 1. The molecule has 1 aliphatic rings. The molecule has 1 amide bonds. The van der Waals surface area contributed by atoms with Gasteiger partial charge in [0, 0.05) is 0 Å². The Labute approximate surface area is 64.2 Å². The molecule has 4 heteroatoms. The van der Waals surface area contributed by atoms with E-state index in [1.807, 2.05) is 12.3 Å². The van der Waals surface area contributed by atoms with Gasteiger partial charge in [-0.05, 0) is 24.8 Å². The minimum atomic E-state index is -0.634. The van der Waals surface area contributed by atoms with Gasteiger partial charge in [-0.15, -0.1) is 0 Å². The van der Waals surface area contributed by atoms with E-state index in [1.54, 1.807) is 6.92 Å². The van der Waals surface area contributed by atoms with E-state index in [0.717, 1.165) is 5.57 Å². The maximum atomic E-state index is 10.8. The third kappa shape index (κ3) is 0.932. The van der Waals surface area contributed by atoms with Crippen molar-refractivity contribution in [2.75, 3.05) is 0 Å². The third-order valence-corrected chi connectivity index (χ3v) is 2.78. The first-order valence-corrected chi connectivity index (χ1v) is 3.85. The van der Waals surface area contributed by atoms with E-state index in [9.17, 15) is 4.79 Å². The van der Waals surface area contributed by atoms with Crippen LogP contribution in [0.1, 0.15) is 13.8 Å². The summed E-state index contributed by atoms with van der Waals surface area (Å²) in [7, 11) is 0. The predicted molar refractivity (Wildman–Crippen MR) is 42.1 cm³/mol. The molecule has 1 rings (SSSR count). The highest BCUT2D eigenvalue weighted by atomic mass is 32.2. The fraction of sp³-hybridized carbons (Fsp3) is 0.500. The zero-order valence-corrected chi connectivity index (χ0v) is 6.79. The number of nitrogens with one attached hydrogen (secondary N) is 1. The van der Waals surface area contributed by atoms with Crippen molar-refractivity contribution < 1.29 is 4.79 Å². The van der Waals surface area contributed by atoms with Crippen molar-refractivity contribution in [3.05, 3.63) is 11.0 Å². The summed E-state index contributed by atoms with van der Waals surface area (Å²) in [6.07, 6.45) is 0. The summed E-state index contributed by atoms with van der Waals surface area (Å²) in [4.78, 5) is 10.8. The maximum absolute atomic E-state index is 10.8. The lowest BCUT2D eigenvalue weighted by molar-refractivity contribution is -0.121. The SMILES string of the molecule is CC1=CSNC1(C)C(N)=O. The first kappa shape index (κ1) is 7.63. The summed E-state index contributed by atoms with van der Waals surface area (Å²) in [6, 6.07) is 0. The zero-order valence-electron chi connectivity index (χ0n) is 5.97. The fourth-order valence-corrected chi connectivity index (χ4v) is 1.65. The lowest BCUT2D eigenvalue weighted by Crippen LogP contribution is -2.48. The molecule has 1 heterocycles. The van der Waals surface area contributed by atoms with Crippen LogP contribution in [-0.4, -0.2) is 11.4 Å². The highest BCUT2D eigenvalue weighted by Gasteiger charge is 2.35. The van der Waals surface area contributed by atoms with Gasteiger partial charge in [0.2, 0.25) is 5.91 Å². The van der Waals surface area contributed by atoms with Crippen LogP contribution in [0, 0.1) is 0 Å². The van der Waals surface area contributed by atoms with Gasteiger partial charge < -0.3 is 5.73 Å². The van der Waals surface area contributed by atoms with E-state index in [0.29, 0.717) is 0 Å². The average molecular weight is 158 g/mol. The number of carbonyl (C=O) groups is 1. The topological polar surface area (TPSA) is 55.1 Å². The van der Waals surface area contributed by atoms with Crippen molar-refractivity contribution in [2.24, 2.45) is 5.73 Å². The molecule has 3 N–H and O–H groups in total. The predicted octanol–water partition coefficient (Wildman–Crippen LogP) is 0.386. The van der Waals surface area contributed by atoms with Gasteiger partial charge in [-0.25, -0.2) is 4.72 Å². The minimum absolute atomic E-state index is 0.328. The largest absolute Gasteiger partial charge is 0.368 e. The number of hydrogen-bond donors (Lipinski definition) is 2. The molecule has 0 bridgehead atoms. The highest BCUT2D eigenvalue weighted by Crippen LogP contribution is 2.27. The molecule has 3 nitrogen and oxygen atoms in total. The monoisotopic (exact) mass is 158 g/mol. The van der Waals surface area contributed by atoms with Gasteiger partial charge in [0.25, 0.3) is 0 Å². The van der Waals surface area contributed by atoms with Crippen LogP contribution in [0.4, 0.5) is 0 Å². The fourth-order valence-electron chi connectivity index (χ4n) is 0.679. The molecule has 1 atom stereocenters. The second kappa shape index (κ2) is 2.29. The Morgan fingerprint density at radius 3 is 2.70 bits per heavy atom. The van der Waals surface area contributed by atoms with E-state index < -0.39 is 5.54 Å². The summed E-state index contributed by atoms with van der Waals surface area (Å²) in [5, 5.41) is 1.89. The Hall–Kier alpha value is -0.480. The molecule has 0 aromatic heterocycles. The van der Waals surface area contributed by atoms with Crippen molar-refractivity contribution >= 4 is 17.9 Å². The smallest absolute Gasteiger partial charge is 0.242 e. The summed E-state index contributed by atoms with van der Waals surface area (Å²) in [5.41, 5.74) is 5.51. The normalized spacial score (nSPS) is 32.0. The molecule has 0 aromatic rings. The minimum Gasteiger partial charge on any atom is -0.368 e. The molecule has 10 heavy (non-hydrogen) atoms. The molecule has 56 valence electrons. The van der Waals surface area contributed by atoms with Gasteiger partial charge in [-0.2, -0.15) is 0 Å². The van der Waals surface area contributed by atoms with Crippen LogP contribution in [0.15, 0.2) is 11.0 Å². The maximum Gasteiger partial charge on any atom is 0.242 e. The Morgan fingerprint density at radius 2 is 2.50 bits per heavy atom. The quantitative estimate of drug-likeness (QED) is 0.543. The second-order valence-electron chi connectivity index (χ2n) is 2.51. The van der Waals surface area contributed by atoms with Gasteiger partial charge in [-0.3, -0.25) is 4.79 Å². The van der Waals surface area contributed by atoms with Gasteiger partial charge in [0.15, 0.2) is 0 Å².